The molecule has 0 saturated carbocycles. The lowest BCUT2D eigenvalue weighted by atomic mass is 10.2. The Balaban J connectivity index is 1.56. The first kappa shape index (κ1) is 16.1. The number of anilines is 2. The first-order valence-electron chi connectivity index (χ1n) is 8.19. The quantitative estimate of drug-likeness (QED) is 0.848. The number of thioether (sulfide) groups is 1. The number of rotatable bonds is 3. The zero-order valence-corrected chi connectivity index (χ0v) is 14.5. The summed E-state index contributed by atoms with van der Waals surface area (Å²) in [5.41, 5.74) is 2.00. The molecule has 0 radical (unpaired) electrons. The van der Waals surface area contributed by atoms with Crippen LogP contribution in [0.1, 0.15) is 0 Å². The molecule has 2 aromatic rings. The van der Waals surface area contributed by atoms with Gasteiger partial charge in [0.05, 0.1) is 24.7 Å². The molecule has 0 spiro atoms. The van der Waals surface area contributed by atoms with E-state index in [1.54, 1.807) is 11.1 Å². The number of amides is 1. The maximum absolute atomic E-state index is 12.2. The first-order valence-corrected chi connectivity index (χ1v) is 9.18. The number of carbonyl (C=O) groups is 1. The Bertz CT molecular complexity index is 773. The lowest BCUT2D eigenvalue weighted by Crippen LogP contribution is -2.36. The van der Waals surface area contributed by atoms with Gasteiger partial charge in [-0.15, -0.1) is 0 Å². The van der Waals surface area contributed by atoms with Crippen molar-refractivity contribution >= 4 is 40.0 Å². The highest BCUT2D eigenvalue weighted by atomic mass is 32.2. The van der Waals surface area contributed by atoms with Gasteiger partial charge in [0.25, 0.3) is 0 Å². The van der Waals surface area contributed by atoms with Crippen LogP contribution in [0.3, 0.4) is 0 Å². The fraction of sp³-hybridized carbons (Fsp3) is 0.278. The molecule has 0 N–H and O–H groups in total. The van der Waals surface area contributed by atoms with E-state index < -0.39 is 0 Å². The van der Waals surface area contributed by atoms with Gasteiger partial charge in [-0.1, -0.05) is 17.8 Å². The minimum atomic E-state index is 0.00684. The second kappa shape index (κ2) is 7.25. The normalized spacial score (nSPS) is 19.7. The molecule has 1 amide bonds. The third kappa shape index (κ3) is 3.52. The Morgan fingerprint density at radius 1 is 1.08 bits per heavy atom. The van der Waals surface area contributed by atoms with Gasteiger partial charge >= 0.3 is 0 Å². The highest BCUT2D eigenvalue weighted by molar-refractivity contribution is 8.15. The summed E-state index contributed by atoms with van der Waals surface area (Å²) in [6, 6.07) is 13.6. The molecule has 3 heterocycles. The zero-order valence-electron chi connectivity index (χ0n) is 13.7. The van der Waals surface area contributed by atoms with E-state index >= 15 is 0 Å². The van der Waals surface area contributed by atoms with Crippen molar-refractivity contribution in [1.82, 2.24) is 4.98 Å². The molecule has 0 bridgehead atoms. The van der Waals surface area contributed by atoms with Crippen molar-refractivity contribution in [3.05, 3.63) is 48.7 Å². The van der Waals surface area contributed by atoms with Gasteiger partial charge in [0.1, 0.15) is 5.82 Å². The van der Waals surface area contributed by atoms with Crippen LogP contribution in [0.15, 0.2) is 53.7 Å². The number of hydrogen-bond donors (Lipinski definition) is 0. The molecule has 2 saturated heterocycles. The fourth-order valence-electron chi connectivity index (χ4n) is 2.83. The average molecular weight is 354 g/mol. The molecule has 0 unspecified atom stereocenters. The van der Waals surface area contributed by atoms with Crippen molar-refractivity contribution in [1.29, 1.82) is 0 Å². The molecule has 1 aromatic heterocycles. The number of morpholine rings is 1. The van der Waals surface area contributed by atoms with E-state index in [1.807, 2.05) is 30.3 Å². The summed E-state index contributed by atoms with van der Waals surface area (Å²) in [6.45, 7) is 3.35. The first-order chi connectivity index (χ1) is 12.3. The van der Waals surface area contributed by atoms with Gasteiger partial charge in [-0.25, -0.2) is 14.9 Å². The molecular weight excluding hydrogens is 336 g/mol. The third-order valence-corrected chi connectivity index (χ3v) is 5.02. The smallest absolute Gasteiger partial charge is 0.244 e. The Hall–Kier alpha value is -2.38. The van der Waals surface area contributed by atoms with Gasteiger partial charge in [0.15, 0.2) is 5.17 Å². The summed E-state index contributed by atoms with van der Waals surface area (Å²) in [5.74, 6) is 1.01. The van der Waals surface area contributed by atoms with Gasteiger partial charge in [-0.05, 0) is 36.4 Å². The van der Waals surface area contributed by atoms with Gasteiger partial charge < -0.3 is 9.64 Å². The number of pyridine rings is 1. The summed E-state index contributed by atoms with van der Waals surface area (Å²) >= 11 is 1.44. The van der Waals surface area contributed by atoms with Crippen molar-refractivity contribution < 1.29 is 9.53 Å². The lowest BCUT2D eigenvalue weighted by molar-refractivity contribution is -0.115. The summed E-state index contributed by atoms with van der Waals surface area (Å²) in [7, 11) is 0. The Morgan fingerprint density at radius 2 is 1.88 bits per heavy atom. The number of hydrogen-bond acceptors (Lipinski definition) is 6. The van der Waals surface area contributed by atoms with Crippen molar-refractivity contribution in [3.8, 4) is 0 Å². The zero-order chi connectivity index (χ0) is 17.1. The van der Waals surface area contributed by atoms with Crippen molar-refractivity contribution in [2.75, 3.05) is 41.9 Å². The topological polar surface area (TPSA) is 58.0 Å². The van der Waals surface area contributed by atoms with Gasteiger partial charge in [0.2, 0.25) is 5.91 Å². The van der Waals surface area contributed by atoms with Crippen molar-refractivity contribution in [2.45, 2.75) is 0 Å². The highest BCUT2D eigenvalue weighted by Gasteiger charge is 2.30. The minimum Gasteiger partial charge on any atom is -0.378 e. The van der Waals surface area contributed by atoms with Crippen LogP contribution in [-0.2, 0) is 9.53 Å². The molecule has 7 heteroatoms. The number of nitrogens with zero attached hydrogens (tertiary/aromatic N) is 4. The Morgan fingerprint density at radius 3 is 2.60 bits per heavy atom. The average Bonchev–Trinajstić information content (AvgIpc) is 3.04. The summed E-state index contributed by atoms with van der Waals surface area (Å²) in [4.78, 5) is 25.0. The van der Waals surface area contributed by atoms with Crippen LogP contribution < -0.4 is 9.80 Å². The molecule has 1 aromatic carbocycles. The molecule has 2 fully saturated rings. The number of benzene rings is 1. The second-order valence-corrected chi connectivity index (χ2v) is 6.66. The predicted octanol–water partition coefficient (Wildman–Crippen LogP) is 2.69. The van der Waals surface area contributed by atoms with E-state index in [0.29, 0.717) is 16.7 Å². The number of ether oxygens (including phenoxy) is 1. The number of carbonyl (C=O) groups excluding carboxylic acids is 1. The molecule has 6 nitrogen and oxygen atoms in total. The maximum Gasteiger partial charge on any atom is 0.244 e. The van der Waals surface area contributed by atoms with Crippen molar-refractivity contribution in [3.63, 3.8) is 0 Å². The second-order valence-electron chi connectivity index (χ2n) is 5.72. The standard InChI is InChI=1S/C18H18N4O2S/c23-17-13-25-18(22(17)16-3-1-2-8-19-16)20-14-4-6-15(7-5-14)21-9-11-24-12-10-21/h1-8H,9-13H2/b20-18+. The molecule has 2 aliphatic heterocycles. The van der Waals surface area contributed by atoms with Crippen LogP contribution in [-0.4, -0.2) is 48.1 Å². The summed E-state index contributed by atoms with van der Waals surface area (Å²) in [6.07, 6.45) is 1.68. The van der Waals surface area contributed by atoms with Crippen LogP contribution in [0, 0.1) is 0 Å². The molecular formula is C18H18N4O2S. The van der Waals surface area contributed by atoms with E-state index in [0.717, 1.165) is 32.0 Å². The molecule has 128 valence electrons. The maximum atomic E-state index is 12.2. The van der Waals surface area contributed by atoms with Crippen molar-refractivity contribution in [2.24, 2.45) is 4.99 Å². The van der Waals surface area contributed by atoms with E-state index in [1.165, 1.54) is 17.4 Å². The minimum absolute atomic E-state index is 0.00684. The van der Waals surface area contributed by atoms with Crippen LogP contribution in [0.5, 0.6) is 0 Å². The lowest BCUT2D eigenvalue weighted by Gasteiger charge is -2.28. The van der Waals surface area contributed by atoms with Crippen LogP contribution in [0.4, 0.5) is 17.2 Å². The van der Waals surface area contributed by atoms with Gasteiger partial charge in [0, 0.05) is 25.0 Å². The highest BCUT2D eigenvalue weighted by Crippen LogP contribution is 2.28. The van der Waals surface area contributed by atoms with Gasteiger partial charge in [-0.3, -0.25) is 4.79 Å². The summed E-state index contributed by atoms with van der Waals surface area (Å²) in [5, 5.41) is 0.669. The third-order valence-electron chi connectivity index (χ3n) is 4.09. The molecule has 4 rings (SSSR count). The SMILES string of the molecule is O=C1CS/C(=N/c2ccc(N3CCOCC3)cc2)N1c1ccccn1. The number of aliphatic imine (C=N–C) groups is 1. The predicted molar refractivity (Wildman–Crippen MR) is 101 cm³/mol. The summed E-state index contributed by atoms with van der Waals surface area (Å²) < 4.78 is 5.39. The Labute approximate surface area is 150 Å². The van der Waals surface area contributed by atoms with E-state index in [2.05, 4.69) is 27.0 Å². The van der Waals surface area contributed by atoms with E-state index in [4.69, 9.17) is 4.74 Å². The van der Waals surface area contributed by atoms with Crippen LogP contribution >= 0.6 is 11.8 Å². The molecule has 25 heavy (non-hydrogen) atoms. The largest absolute Gasteiger partial charge is 0.378 e. The monoisotopic (exact) mass is 354 g/mol. The van der Waals surface area contributed by atoms with E-state index in [9.17, 15) is 4.79 Å². The Kier molecular flexibility index (Phi) is 4.67. The molecule has 2 aliphatic rings. The number of amidine groups is 1. The molecule has 0 aliphatic carbocycles. The molecule has 0 atom stereocenters. The van der Waals surface area contributed by atoms with E-state index in [-0.39, 0.29) is 5.91 Å². The van der Waals surface area contributed by atoms with Gasteiger partial charge in [-0.2, -0.15) is 0 Å². The number of aromatic nitrogens is 1. The van der Waals surface area contributed by atoms with Crippen LogP contribution in [0.25, 0.3) is 0 Å². The fourth-order valence-corrected chi connectivity index (χ4v) is 3.70. The van der Waals surface area contributed by atoms with Crippen LogP contribution in [0.2, 0.25) is 0 Å².